The lowest BCUT2D eigenvalue weighted by atomic mass is 10.1. The number of hydrogen-bond donors (Lipinski definition) is 2. The molecule has 312 valence electrons. The van der Waals surface area contributed by atoms with Crippen LogP contribution < -0.4 is 5.73 Å². The van der Waals surface area contributed by atoms with E-state index in [0.29, 0.717) is 13.0 Å². The number of phosphoric acid groups is 1. The number of hydrogen-bond acceptors (Lipinski definition) is 7. The number of phosphoric ester groups is 1. The molecule has 0 heterocycles. The molecule has 0 aromatic rings. The van der Waals surface area contributed by atoms with Gasteiger partial charge in [0.2, 0.25) is 0 Å². The minimum atomic E-state index is -4.28. The van der Waals surface area contributed by atoms with Crippen molar-refractivity contribution in [3.8, 4) is 0 Å². The molecule has 8 nitrogen and oxygen atoms in total. The fraction of sp³-hybridized carbons (Fsp3) is 0.711. The minimum Gasteiger partial charge on any atom is -0.457 e. The van der Waals surface area contributed by atoms with Crippen LogP contribution in [0.25, 0.3) is 0 Å². The number of carbonyl (C=O) groups is 1. The molecular formula is C45H80NO7P. The second-order valence-electron chi connectivity index (χ2n) is 13.8. The molecule has 0 amide bonds. The molecular weight excluding hydrogens is 697 g/mol. The van der Waals surface area contributed by atoms with E-state index < -0.39 is 13.9 Å². The molecule has 0 aliphatic heterocycles. The van der Waals surface area contributed by atoms with Crippen LogP contribution in [0.2, 0.25) is 0 Å². The summed E-state index contributed by atoms with van der Waals surface area (Å²) in [5.74, 6) is -0.346. The summed E-state index contributed by atoms with van der Waals surface area (Å²) in [5, 5.41) is 0. The van der Waals surface area contributed by atoms with Crippen molar-refractivity contribution in [1.29, 1.82) is 0 Å². The first-order valence-corrected chi connectivity index (χ1v) is 22.9. The first-order chi connectivity index (χ1) is 26.4. The van der Waals surface area contributed by atoms with Gasteiger partial charge in [-0.2, -0.15) is 0 Å². The van der Waals surface area contributed by atoms with Gasteiger partial charge in [-0.3, -0.25) is 13.8 Å². The van der Waals surface area contributed by atoms with Crippen LogP contribution in [0, 0.1) is 0 Å². The Kier molecular flexibility index (Phi) is 40.5. The van der Waals surface area contributed by atoms with E-state index in [1.165, 1.54) is 57.8 Å². The van der Waals surface area contributed by atoms with Crippen molar-refractivity contribution in [1.82, 2.24) is 0 Å². The van der Waals surface area contributed by atoms with E-state index in [2.05, 4.69) is 86.8 Å². The SMILES string of the molecule is CC/C=C\C/C=C\C/C=C\C/C=C\CCCCCCCCCCC(=O)OC(COCCCCCCCC/C=C\C/C=C\CCC)COP(=O)(O)OCCN. The second kappa shape index (κ2) is 42.1. The molecule has 0 aromatic carbocycles. The summed E-state index contributed by atoms with van der Waals surface area (Å²) in [6, 6.07) is 0. The quantitative estimate of drug-likeness (QED) is 0.0273. The zero-order valence-electron chi connectivity index (χ0n) is 34.4. The summed E-state index contributed by atoms with van der Waals surface area (Å²) in [4.78, 5) is 22.5. The van der Waals surface area contributed by atoms with E-state index >= 15 is 0 Å². The van der Waals surface area contributed by atoms with Gasteiger partial charge in [0, 0.05) is 19.6 Å². The highest BCUT2D eigenvalue weighted by molar-refractivity contribution is 7.47. The molecule has 0 fully saturated rings. The van der Waals surface area contributed by atoms with Crippen LogP contribution in [0.1, 0.15) is 168 Å². The minimum absolute atomic E-state index is 0.0934. The zero-order valence-corrected chi connectivity index (χ0v) is 35.3. The van der Waals surface area contributed by atoms with Gasteiger partial charge in [-0.25, -0.2) is 4.57 Å². The first kappa shape index (κ1) is 51.9. The number of rotatable bonds is 40. The largest absolute Gasteiger partial charge is 0.472 e. The standard InChI is InChI=1S/C45H80NO7P/c1-3-5-7-9-11-13-15-17-19-20-21-22-23-24-25-26-28-30-32-34-36-38-45(47)53-44(43-52-54(48,49)51-41-39-46)42-50-40-37-35-33-31-29-27-18-16-14-12-10-8-6-4-2/h5,7-8,10-11,13-14,16-17,19,21-22,44H,3-4,6,9,12,15,18,20,23-43,46H2,1-2H3,(H,48,49)/b7-5-,10-8-,13-11-,16-14-,19-17-,22-21-. The number of nitrogens with two attached hydrogens (primary N) is 1. The van der Waals surface area contributed by atoms with Gasteiger partial charge in [0.05, 0.1) is 19.8 Å². The van der Waals surface area contributed by atoms with Crippen molar-refractivity contribution in [2.45, 2.75) is 174 Å². The average Bonchev–Trinajstić information content (AvgIpc) is 3.16. The summed E-state index contributed by atoms with van der Waals surface area (Å²) >= 11 is 0. The van der Waals surface area contributed by atoms with Crippen LogP contribution in [0.5, 0.6) is 0 Å². The highest BCUT2D eigenvalue weighted by Gasteiger charge is 2.25. The predicted octanol–water partition coefficient (Wildman–Crippen LogP) is 12.7. The van der Waals surface area contributed by atoms with Gasteiger partial charge in [0.25, 0.3) is 0 Å². The van der Waals surface area contributed by atoms with Crippen molar-refractivity contribution in [3.05, 3.63) is 72.9 Å². The van der Waals surface area contributed by atoms with E-state index in [1.807, 2.05) is 0 Å². The Morgan fingerprint density at radius 3 is 1.56 bits per heavy atom. The zero-order chi connectivity index (χ0) is 39.5. The Morgan fingerprint density at radius 2 is 1.04 bits per heavy atom. The maximum Gasteiger partial charge on any atom is 0.472 e. The van der Waals surface area contributed by atoms with E-state index in [0.717, 1.165) is 89.9 Å². The maximum atomic E-state index is 12.6. The van der Waals surface area contributed by atoms with Gasteiger partial charge in [-0.15, -0.1) is 0 Å². The fourth-order valence-corrected chi connectivity index (χ4v) is 6.26. The van der Waals surface area contributed by atoms with Crippen molar-refractivity contribution < 1.29 is 32.8 Å². The summed E-state index contributed by atoms with van der Waals surface area (Å²) in [6.07, 6.45) is 52.0. The molecule has 9 heteroatoms. The third-order valence-electron chi connectivity index (χ3n) is 8.59. The summed E-state index contributed by atoms with van der Waals surface area (Å²) in [6.45, 7) is 4.70. The topological polar surface area (TPSA) is 117 Å². The van der Waals surface area contributed by atoms with Crippen molar-refractivity contribution in [2.75, 3.05) is 33.0 Å². The Labute approximate surface area is 331 Å². The Hall–Kier alpha value is -2.06. The summed E-state index contributed by atoms with van der Waals surface area (Å²) in [5.41, 5.74) is 5.36. The fourth-order valence-electron chi connectivity index (χ4n) is 5.49. The Bertz CT molecular complexity index is 1050. The molecule has 0 aliphatic carbocycles. The third-order valence-corrected chi connectivity index (χ3v) is 9.57. The van der Waals surface area contributed by atoms with Crippen molar-refractivity contribution in [2.24, 2.45) is 5.73 Å². The lowest BCUT2D eigenvalue weighted by molar-refractivity contribution is -0.154. The Balaban J connectivity index is 4.06. The molecule has 0 saturated carbocycles. The summed E-state index contributed by atoms with van der Waals surface area (Å²) < 4.78 is 33.4. The van der Waals surface area contributed by atoms with Gasteiger partial charge >= 0.3 is 13.8 Å². The first-order valence-electron chi connectivity index (χ1n) is 21.4. The molecule has 3 N–H and O–H groups in total. The molecule has 54 heavy (non-hydrogen) atoms. The Morgan fingerprint density at radius 1 is 0.574 bits per heavy atom. The van der Waals surface area contributed by atoms with E-state index in [-0.39, 0.29) is 32.3 Å². The normalized spacial score (nSPS) is 14.2. The molecule has 0 aromatic heterocycles. The highest BCUT2D eigenvalue weighted by Crippen LogP contribution is 2.43. The molecule has 0 spiro atoms. The highest BCUT2D eigenvalue weighted by atomic mass is 31.2. The van der Waals surface area contributed by atoms with Gasteiger partial charge in [0.1, 0.15) is 6.10 Å². The number of ether oxygens (including phenoxy) is 2. The molecule has 0 rings (SSSR count). The van der Waals surface area contributed by atoms with Gasteiger partial charge < -0.3 is 20.1 Å². The molecule has 2 atom stereocenters. The lowest BCUT2D eigenvalue weighted by Crippen LogP contribution is -2.28. The average molecular weight is 778 g/mol. The van der Waals surface area contributed by atoms with E-state index in [1.54, 1.807) is 0 Å². The van der Waals surface area contributed by atoms with Crippen molar-refractivity contribution >= 4 is 13.8 Å². The third kappa shape index (κ3) is 41.1. The smallest absolute Gasteiger partial charge is 0.457 e. The number of allylic oxidation sites excluding steroid dienone is 12. The monoisotopic (exact) mass is 778 g/mol. The van der Waals surface area contributed by atoms with Crippen molar-refractivity contribution in [3.63, 3.8) is 0 Å². The summed E-state index contributed by atoms with van der Waals surface area (Å²) in [7, 11) is -4.28. The van der Waals surface area contributed by atoms with Crippen LogP contribution >= 0.6 is 7.82 Å². The van der Waals surface area contributed by atoms with Gasteiger partial charge in [0.15, 0.2) is 0 Å². The van der Waals surface area contributed by atoms with Crippen LogP contribution in [0.15, 0.2) is 72.9 Å². The molecule has 0 aliphatic rings. The van der Waals surface area contributed by atoms with Crippen LogP contribution in [-0.4, -0.2) is 49.9 Å². The van der Waals surface area contributed by atoms with Crippen LogP contribution in [-0.2, 0) is 27.9 Å². The maximum absolute atomic E-state index is 12.6. The molecule has 0 bridgehead atoms. The van der Waals surface area contributed by atoms with E-state index in [9.17, 15) is 14.3 Å². The molecule has 0 saturated heterocycles. The van der Waals surface area contributed by atoms with Gasteiger partial charge in [-0.05, 0) is 77.0 Å². The predicted molar refractivity (Wildman–Crippen MR) is 228 cm³/mol. The second-order valence-corrected chi connectivity index (χ2v) is 15.3. The number of esters is 1. The van der Waals surface area contributed by atoms with Crippen LogP contribution in [0.4, 0.5) is 0 Å². The van der Waals surface area contributed by atoms with Gasteiger partial charge in [-0.1, -0.05) is 157 Å². The van der Waals surface area contributed by atoms with Crippen LogP contribution in [0.3, 0.4) is 0 Å². The molecule has 0 radical (unpaired) electrons. The van der Waals surface area contributed by atoms with E-state index in [4.69, 9.17) is 24.3 Å². The number of unbranched alkanes of at least 4 members (excludes halogenated alkanes) is 15. The molecule has 2 unspecified atom stereocenters. The lowest BCUT2D eigenvalue weighted by Gasteiger charge is -2.20. The number of carbonyl (C=O) groups excluding carboxylic acids is 1.